The molecule has 1 aliphatic rings. The maximum absolute atomic E-state index is 12.9. The van der Waals surface area contributed by atoms with Crippen LogP contribution in [0.3, 0.4) is 0 Å². The Hall–Kier alpha value is -2.02. The molecule has 0 saturated heterocycles. The van der Waals surface area contributed by atoms with Crippen LogP contribution in [-0.2, 0) is 4.79 Å². The molecule has 0 fully saturated rings. The third kappa shape index (κ3) is 3.98. The number of nitrogens with one attached hydrogen (secondary N) is 1. The summed E-state index contributed by atoms with van der Waals surface area (Å²) in [6.07, 6.45) is 2.22. The lowest BCUT2D eigenvalue weighted by Gasteiger charge is -2.25. The van der Waals surface area contributed by atoms with E-state index in [1.54, 1.807) is 36.4 Å². The van der Waals surface area contributed by atoms with Gasteiger partial charge in [0.1, 0.15) is 6.04 Å². The fourth-order valence-electron chi connectivity index (χ4n) is 2.91. The van der Waals surface area contributed by atoms with Gasteiger partial charge in [-0.2, -0.15) is 11.8 Å². The van der Waals surface area contributed by atoms with Crippen molar-refractivity contribution >= 4 is 58.4 Å². The number of thioether (sulfide) groups is 1. The molecular weight excluding hydrogens is 407 g/mol. The van der Waals surface area contributed by atoms with Crippen LogP contribution in [-0.4, -0.2) is 40.7 Å². The number of fused-ring (bicyclic) bond motifs is 1. The molecule has 0 saturated carbocycles. The average Bonchev–Trinajstić information content (AvgIpc) is 2.90. The van der Waals surface area contributed by atoms with Gasteiger partial charge in [-0.05, 0) is 48.8 Å². The van der Waals surface area contributed by atoms with E-state index in [0.717, 1.165) is 4.90 Å². The third-order valence-corrected chi connectivity index (χ3v) is 5.43. The first kappa shape index (κ1) is 19.7. The molecule has 1 heterocycles. The van der Waals surface area contributed by atoms with Crippen LogP contribution in [0.15, 0.2) is 42.5 Å². The second kappa shape index (κ2) is 8.33. The Balaban J connectivity index is 1.90. The van der Waals surface area contributed by atoms with Crippen molar-refractivity contribution in [3.05, 3.63) is 63.6 Å². The Kier molecular flexibility index (Phi) is 6.09. The minimum atomic E-state index is -0.945. The van der Waals surface area contributed by atoms with Crippen molar-refractivity contribution < 1.29 is 14.4 Å². The molecule has 0 radical (unpaired) electrons. The van der Waals surface area contributed by atoms with Crippen molar-refractivity contribution in [1.82, 2.24) is 4.90 Å². The SMILES string of the molecule is CSCCC(C(=O)Nc1cc(Cl)ccc1Cl)N1C(=O)c2ccccc2C1=O. The van der Waals surface area contributed by atoms with E-state index >= 15 is 0 Å². The molecule has 8 heteroatoms. The third-order valence-electron chi connectivity index (χ3n) is 4.22. The van der Waals surface area contributed by atoms with E-state index in [1.165, 1.54) is 17.8 Å². The van der Waals surface area contributed by atoms with Gasteiger partial charge in [-0.25, -0.2) is 0 Å². The summed E-state index contributed by atoms with van der Waals surface area (Å²) < 4.78 is 0. The standard InChI is InChI=1S/C19H16Cl2N2O3S/c1-27-9-8-16(17(24)22-15-10-11(20)6-7-14(15)21)23-18(25)12-4-2-3-5-13(12)19(23)26/h2-7,10,16H,8-9H2,1H3,(H,22,24). The van der Waals surface area contributed by atoms with Gasteiger partial charge >= 0.3 is 0 Å². The van der Waals surface area contributed by atoms with E-state index in [0.29, 0.717) is 39.0 Å². The van der Waals surface area contributed by atoms with Crippen LogP contribution in [0.2, 0.25) is 10.0 Å². The van der Waals surface area contributed by atoms with E-state index in [1.807, 2.05) is 6.26 Å². The van der Waals surface area contributed by atoms with Crippen molar-refractivity contribution in [1.29, 1.82) is 0 Å². The minimum Gasteiger partial charge on any atom is -0.323 e. The van der Waals surface area contributed by atoms with Gasteiger partial charge in [-0.15, -0.1) is 0 Å². The number of carbonyl (C=O) groups excluding carboxylic acids is 3. The minimum absolute atomic E-state index is 0.310. The maximum Gasteiger partial charge on any atom is 0.262 e. The van der Waals surface area contributed by atoms with Crippen molar-refractivity contribution in [2.24, 2.45) is 0 Å². The number of halogens is 2. The van der Waals surface area contributed by atoms with Crippen molar-refractivity contribution in [2.75, 3.05) is 17.3 Å². The molecule has 0 bridgehead atoms. The Morgan fingerprint density at radius 2 is 1.74 bits per heavy atom. The Bertz CT molecular complexity index is 885. The fourth-order valence-corrected chi connectivity index (χ4v) is 3.70. The van der Waals surface area contributed by atoms with Gasteiger partial charge in [0.15, 0.2) is 0 Å². The molecule has 2 aromatic carbocycles. The summed E-state index contributed by atoms with van der Waals surface area (Å²) in [7, 11) is 0. The highest BCUT2D eigenvalue weighted by atomic mass is 35.5. The molecular formula is C19H16Cl2N2O3S. The number of anilines is 1. The lowest BCUT2D eigenvalue weighted by Crippen LogP contribution is -2.47. The highest BCUT2D eigenvalue weighted by Crippen LogP contribution is 2.29. The average molecular weight is 423 g/mol. The number of benzene rings is 2. The van der Waals surface area contributed by atoms with Crippen LogP contribution in [0.25, 0.3) is 0 Å². The monoisotopic (exact) mass is 422 g/mol. The first-order valence-electron chi connectivity index (χ1n) is 8.15. The zero-order valence-electron chi connectivity index (χ0n) is 14.4. The highest BCUT2D eigenvalue weighted by Gasteiger charge is 2.42. The van der Waals surface area contributed by atoms with Crippen LogP contribution < -0.4 is 5.32 Å². The first-order valence-corrected chi connectivity index (χ1v) is 10.3. The number of nitrogens with zero attached hydrogens (tertiary/aromatic N) is 1. The summed E-state index contributed by atoms with van der Waals surface area (Å²) in [5, 5.41) is 3.43. The first-order chi connectivity index (χ1) is 12.9. The van der Waals surface area contributed by atoms with E-state index in [2.05, 4.69) is 5.32 Å². The molecule has 0 aromatic heterocycles. The molecule has 1 aliphatic heterocycles. The predicted octanol–water partition coefficient (Wildman–Crippen LogP) is 4.35. The molecule has 2 aromatic rings. The number of amides is 3. The number of carbonyl (C=O) groups is 3. The molecule has 3 amide bonds. The summed E-state index contributed by atoms with van der Waals surface area (Å²) in [5.41, 5.74) is 0.954. The Labute approximate surface area is 171 Å². The van der Waals surface area contributed by atoms with Crippen molar-refractivity contribution in [3.63, 3.8) is 0 Å². The summed E-state index contributed by atoms with van der Waals surface area (Å²) in [6, 6.07) is 10.3. The topological polar surface area (TPSA) is 66.5 Å². The summed E-state index contributed by atoms with van der Waals surface area (Å²) in [4.78, 5) is 39.5. The van der Waals surface area contributed by atoms with Gasteiger partial charge in [-0.1, -0.05) is 35.3 Å². The molecule has 1 unspecified atom stereocenters. The van der Waals surface area contributed by atoms with Crippen molar-refractivity contribution in [2.45, 2.75) is 12.5 Å². The lowest BCUT2D eigenvalue weighted by atomic mass is 10.1. The Morgan fingerprint density at radius 1 is 1.11 bits per heavy atom. The van der Waals surface area contributed by atoms with E-state index < -0.39 is 23.8 Å². The number of rotatable bonds is 6. The molecule has 0 spiro atoms. The van der Waals surface area contributed by atoms with Crippen LogP contribution in [0.1, 0.15) is 27.1 Å². The lowest BCUT2D eigenvalue weighted by molar-refractivity contribution is -0.120. The van der Waals surface area contributed by atoms with Gasteiger partial charge in [0.05, 0.1) is 21.8 Å². The van der Waals surface area contributed by atoms with E-state index in [4.69, 9.17) is 23.2 Å². The molecule has 27 heavy (non-hydrogen) atoms. The molecule has 5 nitrogen and oxygen atoms in total. The molecule has 140 valence electrons. The van der Waals surface area contributed by atoms with Crippen LogP contribution in [0, 0.1) is 0 Å². The van der Waals surface area contributed by atoms with Gasteiger partial charge in [-0.3, -0.25) is 19.3 Å². The maximum atomic E-state index is 12.9. The van der Waals surface area contributed by atoms with Gasteiger partial charge in [0.25, 0.3) is 11.8 Å². The quantitative estimate of drug-likeness (QED) is 0.702. The second-order valence-electron chi connectivity index (χ2n) is 5.94. The zero-order valence-corrected chi connectivity index (χ0v) is 16.7. The molecule has 1 N–H and O–H groups in total. The molecule has 0 aliphatic carbocycles. The number of hydrogen-bond donors (Lipinski definition) is 1. The number of imide groups is 1. The number of hydrogen-bond acceptors (Lipinski definition) is 4. The summed E-state index contributed by atoms with van der Waals surface area (Å²) in [5.74, 6) is -0.805. The fraction of sp³-hybridized carbons (Fsp3) is 0.211. The Morgan fingerprint density at radius 3 is 2.33 bits per heavy atom. The normalized spacial score (nSPS) is 14.3. The molecule has 3 rings (SSSR count). The van der Waals surface area contributed by atoms with E-state index in [-0.39, 0.29) is 0 Å². The molecule has 1 atom stereocenters. The largest absolute Gasteiger partial charge is 0.323 e. The summed E-state index contributed by atoms with van der Waals surface area (Å²) >= 11 is 13.6. The highest BCUT2D eigenvalue weighted by molar-refractivity contribution is 7.98. The predicted molar refractivity (Wildman–Crippen MR) is 109 cm³/mol. The smallest absolute Gasteiger partial charge is 0.262 e. The van der Waals surface area contributed by atoms with Crippen LogP contribution in [0.5, 0.6) is 0 Å². The van der Waals surface area contributed by atoms with E-state index in [9.17, 15) is 14.4 Å². The zero-order chi connectivity index (χ0) is 19.6. The van der Waals surface area contributed by atoms with Crippen LogP contribution >= 0.6 is 35.0 Å². The summed E-state index contributed by atoms with van der Waals surface area (Å²) in [6.45, 7) is 0. The van der Waals surface area contributed by atoms with Gasteiger partial charge in [0, 0.05) is 5.02 Å². The van der Waals surface area contributed by atoms with Crippen molar-refractivity contribution in [3.8, 4) is 0 Å². The van der Waals surface area contributed by atoms with Gasteiger partial charge < -0.3 is 5.32 Å². The van der Waals surface area contributed by atoms with Gasteiger partial charge in [0.2, 0.25) is 5.91 Å². The second-order valence-corrected chi connectivity index (χ2v) is 7.77. The van der Waals surface area contributed by atoms with Crippen LogP contribution in [0.4, 0.5) is 5.69 Å².